The van der Waals surface area contributed by atoms with Gasteiger partial charge in [-0.2, -0.15) is 0 Å². The van der Waals surface area contributed by atoms with Crippen LogP contribution in [0.4, 0.5) is 0 Å². The number of benzene rings is 2. The number of hydrogen-bond acceptors (Lipinski definition) is 4. The van der Waals surface area contributed by atoms with Crippen molar-refractivity contribution in [1.82, 2.24) is 5.32 Å². The SMILES string of the molecule is COc1ccc(CNCc2cccc(OC)c2OC)cc1. The molecule has 0 bridgehead atoms. The highest BCUT2D eigenvalue weighted by molar-refractivity contribution is 5.46. The first-order valence-corrected chi connectivity index (χ1v) is 6.82. The Morgan fingerprint density at radius 1 is 0.810 bits per heavy atom. The molecule has 0 unspecified atom stereocenters. The normalized spacial score (nSPS) is 10.2. The summed E-state index contributed by atoms with van der Waals surface area (Å²) in [7, 11) is 4.97. The van der Waals surface area contributed by atoms with Crippen molar-refractivity contribution in [3.05, 3.63) is 53.6 Å². The van der Waals surface area contributed by atoms with Crippen LogP contribution < -0.4 is 19.5 Å². The summed E-state index contributed by atoms with van der Waals surface area (Å²) in [6, 6.07) is 13.9. The number of methoxy groups -OCH3 is 3. The molecule has 0 spiro atoms. The topological polar surface area (TPSA) is 39.7 Å². The molecule has 0 radical (unpaired) electrons. The Morgan fingerprint density at radius 2 is 1.57 bits per heavy atom. The van der Waals surface area contributed by atoms with Crippen LogP contribution in [0.2, 0.25) is 0 Å². The Balaban J connectivity index is 1.96. The maximum Gasteiger partial charge on any atom is 0.165 e. The van der Waals surface area contributed by atoms with Crippen LogP contribution in [0.1, 0.15) is 11.1 Å². The van der Waals surface area contributed by atoms with Crippen molar-refractivity contribution in [1.29, 1.82) is 0 Å². The zero-order valence-corrected chi connectivity index (χ0v) is 12.7. The fraction of sp³-hybridized carbons (Fsp3) is 0.294. The summed E-state index contributed by atoms with van der Waals surface area (Å²) >= 11 is 0. The minimum Gasteiger partial charge on any atom is -0.497 e. The Labute approximate surface area is 125 Å². The second-order valence-corrected chi connectivity index (χ2v) is 4.60. The van der Waals surface area contributed by atoms with E-state index in [4.69, 9.17) is 14.2 Å². The second-order valence-electron chi connectivity index (χ2n) is 4.60. The molecule has 2 aromatic carbocycles. The standard InChI is InChI=1S/C17H21NO3/c1-19-15-9-7-13(8-10-15)11-18-12-14-5-4-6-16(20-2)17(14)21-3/h4-10,18H,11-12H2,1-3H3. The molecule has 0 aromatic heterocycles. The fourth-order valence-corrected chi connectivity index (χ4v) is 2.18. The molecule has 0 aliphatic carbocycles. The summed E-state index contributed by atoms with van der Waals surface area (Å²) in [5.41, 5.74) is 2.28. The smallest absolute Gasteiger partial charge is 0.165 e. The van der Waals surface area contributed by atoms with E-state index < -0.39 is 0 Å². The molecule has 2 aromatic rings. The van der Waals surface area contributed by atoms with Gasteiger partial charge in [0.1, 0.15) is 5.75 Å². The first kappa shape index (κ1) is 15.2. The lowest BCUT2D eigenvalue weighted by Gasteiger charge is -2.13. The molecular formula is C17H21NO3. The van der Waals surface area contributed by atoms with E-state index in [1.807, 2.05) is 30.3 Å². The first-order chi connectivity index (χ1) is 10.3. The molecule has 4 nitrogen and oxygen atoms in total. The lowest BCUT2D eigenvalue weighted by molar-refractivity contribution is 0.350. The monoisotopic (exact) mass is 287 g/mol. The number of para-hydroxylation sites is 1. The Bertz CT molecular complexity index is 567. The minimum absolute atomic E-state index is 0.715. The molecule has 112 valence electrons. The van der Waals surface area contributed by atoms with E-state index in [1.54, 1.807) is 21.3 Å². The van der Waals surface area contributed by atoms with E-state index in [0.29, 0.717) is 6.54 Å². The third-order valence-electron chi connectivity index (χ3n) is 3.29. The number of rotatable bonds is 7. The van der Waals surface area contributed by atoms with E-state index in [0.717, 1.165) is 29.4 Å². The summed E-state index contributed by atoms with van der Waals surface area (Å²) in [5.74, 6) is 2.40. The van der Waals surface area contributed by atoms with Crippen LogP contribution in [0, 0.1) is 0 Å². The molecule has 0 heterocycles. The highest BCUT2D eigenvalue weighted by atomic mass is 16.5. The molecule has 21 heavy (non-hydrogen) atoms. The maximum absolute atomic E-state index is 5.42. The maximum atomic E-state index is 5.42. The van der Waals surface area contributed by atoms with E-state index in [1.165, 1.54) is 5.56 Å². The Kier molecular flexibility index (Phi) is 5.46. The summed E-state index contributed by atoms with van der Waals surface area (Å²) in [5, 5.41) is 3.41. The Hall–Kier alpha value is -2.20. The van der Waals surface area contributed by atoms with Gasteiger partial charge in [-0.25, -0.2) is 0 Å². The van der Waals surface area contributed by atoms with Crippen molar-refractivity contribution in [3.8, 4) is 17.2 Å². The van der Waals surface area contributed by atoms with Gasteiger partial charge in [-0.1, -0.05) is 24.3 Å². The predicted octanol–water partition coefficient (Wildman–Crippen LogP) is 3.00. The molecule has 1 N–H and O–H groups in total. The van der Waals surface area contributed by atoms with Gasteiger partial charge >= 0.3 is 0 Å². The summed E-state index contributed by atoms with van der Waals surface area (Å²) < 4.78 is 15.9. The molecule has 0 saturated carbocycles. The summed E-state index contributed by atoms with van der Waals surface area (Å²) in [6.07, 6.45) is 0. The van der Waals surface area contributed by atoms with Crippen molar-refractivity contribution in [2.24, 2.45) is 0 Å². The van der Waals surface area contributed by atoms with Gasteiger partial charge in [0.15, 0.2) is 11.5 Å². The van der Waals surface area contributed by atoms with Gasteiger partial charge < -0.3 is 19.5 Å². The van der Waals surface area contributed by atoms with Gasteiger partial charge in [0.25, 0.3) is 0 Å². The van der Waals surface area contributed by atoms with E-state index in [2.05, 4.69) is 17.4 Å². The molecule has 0 saturated heterocycles. The molecule has 4 heteroatoms. The van der Waals surface area contributed by atoms with E-state index in [9.17, 15) is 0 Å². The molecule has 0 amide bonds. The predicted molar refractivity (Wildman–Crippen MR) is 83.1 cm³/mol. The van der Waals surface area contributed by atoms with Crippen LogP contribution in [0.25, 0.3) is 0 Å². The number of ether oxygens (including phenoxy) is 3. The lowest BCUT2D eigenvalue weighted by Crippen LogP contribution is -2.13. The van der Waals surface area contributed by atoms with Crippen LogP contribution in [-0.2, 0) is 13.1 Å². The highest BCUT2D eigenvalue weighted by Crippen LogP contribution is 2.30. The molecule has 0 atom stereocenters. The van der Waals surface area contributed by atoms with Crippen LogP contribution >= 0.6 is 0 Å². The van der Waals surface area contributed by atoms with Crippen molar-refractivity contribution in [2.45, 2.75) is 13.1 Å². The van der Waals surface area contributed by atoms with Crippen LogP contribution in [0.15, 0.2) is 42.5 Å². The average Bonchev–Trinajstić information content (AvgIpc) is 2.55. The van der Waals surface area contributed by atoms with Crippen molar-refractivity contribution >= 4 is 0 Å². The van der Waals surface area contributed by atoms with E-state index >= 15 is 0 Å². The van der Waals surface area contributed by atoms with Crippen molar-refractivity contribution in [2.75, 3.05) is 21.3 Å². The number of nitrogens with one attached hydrogen (secondary N) is 1. The van der Waals surface area contributed by atoms with Crippen LogP contribution in [-0.4, -0.2) is 21.3 Å². The number of hydrogen-bond donors (Lipinski definition) is 1. The summed E-state index contributed by atoms with van der Waals surface area (Å²) in [4.78, 5) is 0. The zero-order chi connectivity index (χ0) is 15.1. The van der Waals surface area contributed by atoms with Gasteiger partial charge in [0.2, 0.25) is 0 Å². The van der Waals surface area contributed by atoms with Gasteiger partial charge in [-0.05, 0) is 23.8 Å². The van der Waals surface area contributed by atoms with Crippen LogP contribution in [0.5, 0.6) is 17.2 Å². The average molecular weight is 287 g/mol. The largest absolute Gasteiger partial charge is 0.497 e. The molecule has 0 aliphatic rings. The molecule has 0 fully saturated rings. The third kappa shape index (κ3) is 3.89. The van der Waals surface area contributed by atoms with E-state index in [-0.39, 0.29) is 0 Å². The first-order valence-electron chi connectivity index (χ1n) is 6.82. The highest BCUT2D eigenvalue weighted by Gasteiger charge is 2.08. The molecule has 2 rings (SSSR count). The summed E-state index contributed by atoms with van der Waals surface area (Å²) in [6.45, 7) is 1.50. The van der Waals surface area contributed by atoms with Gasteiger partial charge in [0.05, 0.1) is 21.3 Å². The Morgan fingerprint density at radius 3 is 2.19 bits per heavy atom. The third-order valence-corrected chi connectivity index (χ3v) is 3.29. The van der Waals surface area contributed by atoms with Crippen molar-refractivity contribution in [3.63, 3.8) is 0 Å². The minimum atomic E-state index is 0.715. The fourth-order valence-electron chi connectivity index (χ4n) is 2.18. The zero-order valence-electron chi connectivity index (χ0n) is 12.7. The van der Waals surface area contributed by atoms with Gasteiger partial charge in [0, 0.05) is 18.7 Å². The van der Waals surface area contributed by atoms with Crippen LogP contribution in [0.3, 0.4) is 0 Å². The van der Waals surface area contributed by atoms with Crippen molar-refractivity contribution < 1.29 is 14.2 Å². The lowest BCUT2D eigenvalue weighted by atomic mass is 10.1. The molecule has 0 aliphatic heterocycles. The molecular weight excluding hydrogens is 266 g/mol. The second kappa shape index (κ2) is 7.55. The quantitative estimate of drug-likeness (QED) is 0.850. The van der Waals surface area contributed by atoms with Gasteiger partial charge in [-0.3, -0.25) is 0 Å². The van der Waals surface area contributed by atoms with Gasteiger partial charge in [-0.15, -0.1) is 0 Å².